The number of cyclic esters (lactones) is 4. The first-order valence-corrected chi connectivity index (χ1v) is 62.8. The Morgan fingerprint density at radius 1 is 0.347 bits per heavy atom. The van der Waals surface area contributed by atoms with Gasteiger partial charge in [-0.15, -0.1) is 0 Å². The van der Waals surface area contributed by atoms with E-state index in [9.17, 15) is 57.5 Å². The molecule has 29 nitrogen and oxygen atoms in total. The summed E-state index contributed by atoms with van der Waals surface area (Å²) in [4.78, 5) is 170. The van der Waals surface area contributed by atoms with Crippen LogP contribution in [0, 0.1) is 35.5 Å². The molecule has 840 valence electrons. The van der Waals surface area contributed by atoms with Crippen LogP contribution in [-0.2, 0) is 114 Å². The van der Waals surface area contributed by atoms with Gasteiger partial charge in [0.2, 0.25) is 0 Å². The van der Waals surface area contributed by atoms with Crippen LogP contribution < -0.4 is 5.32 Å². The summed E-state index contributed by atoms with van der Waals surface area (Å²) in [6.07, 6.45) is 41.1. The standard InChI is InChI=1S/C109H199N5O24S6/c1-12-18-24-30-36-42-80-139-85-91(7)104(121)133-74-68-127-98(115)48-56-111(57-49-99(116)128-69-75-134-105(122)92(8)86-140-81-43-37-31-25-19-13-2)62-54-110-55-63-113(60-52-102(119)130-71-77-136-107(124)94(10)88-142-83-45-39-33-27-21-15-4)65-67-114-61-53-103(120)131-72-78-137-108(125)95(11)89-144-97(47-41-35-29-23-17-6)96(90-143-84-46-40-34-28-22-16-5)109(126)138-79-73-132-101(118)51-59-112(64-66-114)58-50-100(117)129-70-76-135-106(123)93(9)87-141-82-44-38-32-26-20-14-3/h91-97,110H,12-90H2,1-11H3. The number of ether oxygens (including phenoxy) is 12. The van der Waals surface area contributed by atoms with Crippen LogP contribution in [0.4, 0.5) is 0 Å². The molecule has 0 aromatic heterocycles. The number of hydrogen-bond acceptors (Lipinski definition) is 35. The zero-order chi connectivity index (χ0) is 106. The van der Waals surface area contributed by atoms with Gasteiger partial charge in [0.15, 0.2) is 0 Å². The summed E-state index contributed by atoms with van der Waals surface area (Å²) in [5.74, 6) is 0.381. The Labute approximate surface area is 896 Å². The van der Waals surface area contributed by atoms with Gasteiger partial charge in [-0.25, -0.2) is 0 Å². The molecule has 0 aromatic rings. The van der Waals surface area contributed by atoms with Crippen LogP contribution >= 0.6 is 70.6 Å². The van der Waals surface area contributed by atoms with Crippen molar-refractivity contribution in [3.8, 4) is 0 Å². The van der Waals surface area contributed by atoms with Crippen LogP contribution in [0.2, 0.25) is 0 Å². The molecule has 0 amide bonds. The number of unbranched alkanes of at least 4 members (excludes halogenated alkanes) is 29. The topological polar surface area (TPSA) is 341 Å². The van der Waals surface area contributed by atoms with Gasteiger partial charge in [-0.1, -0.05) is 269 Å². The summed E-state index contributed by atoms with van der Waals surface area (Å²) in [5.41, 5.74) is 0. The minimum Gasteiger partial charge on any atom is -0.462 e. The van der Waals surface area contributed by atoms with Gasteiger partial charge in [0.1, 0.15) is 79.3 Å². The number of esters is 12. The molecule has 1 heterocycles. The molecule has 0 saturated carbocycles. The summed E-state index contributed by atoms with van der Waals surface area (Å²) in [7, 11) is 0. The van der Waals surface area contributed by atoms with E-state index in [1.54, 1.807) is 77.5 Å². The Balaban J connectivity index is 3.75. The molecule has 1 saturated heterocycles. The molecular weight excluding hydrogens is 1960 g/mol. The first-order chi connectivity index (χ1) is 69.9. The van der Waals surface area contributed by atoms with Gasteiger partial charge in [-0.2, -0.15) is 70.6 Å². The van der Waals surface area contributed by atoms with Crippen molar-refractivity contribution in [2.75, 3.05) is 234 Å². The zero-order valence-corrected chi connectivity index (χ0v) is 96.3. The number of carbonyl (C=O) groups is 12. The van der Waals surface area contributed by atoms with E-state index in [1.807, 2.05) is 42.4 Å². The highest BCUT2D eigenvalue weighted by Crippen LogP contribution is 2.33. The van der Waals surface area contributed by atoms with Crippen molar-refractivity contribution in [1.29, 1.82) is 0 Å². The molecular formula is C109H199N5O24S6. The summed E-state index contributed by atoms with van der Waals surface area (Å²) in [6, 6.07) is 0. The zero-order valence-electron chi connectivity index (χ0n) is 91.4. The lowest BCUT2D eigenvalue weighted by molar-refractivity contribution is -0.155. The van der Waals surface area contributed by atoms with Gasteiger partial charge in [-0.05, 0) is 67.3 Å². The van der Waals surface area contributed by atoms with Gasteiger partial charge in [0.25, 0.3) is 0 Å². The molecule has 1 fully saturated rings. The number of thioether (sulfide) groups is 6. The third-order valence-electron chi connectivity index (χ3n) is 24.9. The van der Waals surface area contributed by atoms with Gasteiger partial charge < -0.3 is 81.8 Å². The maximum Gasteiger partial charge on any atom is 0.311 e. The highest BCUT2D eigenvalue weighted by atomic mass is 32.2. The molecule has 0 aliphatic carbocycles. The monoisotopic (exact) mass is 2150 g/mol. The largest absolute Gasteiger partial charge is 0.462 e. The predicted molar refractivity (Wildman–Crippen MR) is 590 cm³/mol. The van der Waals surface area contributed by atoms with Crippen molar-refractivity contribution >= 4 is 142 Å². The van der Waals surface area contributed by atoms with Crippen molar-refractivity contribution in [2.45, 2.75) is 351 Å². The molecule has 0 bridgehead atoms. The van der Waals surface area contributed by atoms with Crippen LogP contribution in [0.1, 0.15) is 346 Å². The molecule has 1 N–H and O–H groups in total. The minimum atomic E-state index is -0.553. The normalized spacial score (nSPS) is 16.3. The fourth-order valence-electron chi connectivity index (χ4n) is 15.5. The van der Waals surface area contributed by atoms with Crippen molar-refractivity contribution in [2.24, 2.45) is 35.5 Å². The molecule has 7 unspecified atom stereocenters. The van der Waals surface area contributed by atoms with E-state index in [0.717, 1.165) is 112 Å². The van der Waals surface area contributed by atoms with E-state index in [2.05, 4.69) is 51.8 Å². The Bertz CT molecular complexity index is 3160. The number of nitrogens with zero attached hydrogens (tertiary/aromatic N) is 4. The maximum atomic E-state index is 14.4. The molecule has 1 rings (SSSR count). The number of nitrogens with one attached hydrogen (secondary N) is 1. The maximum absolute atomic E-state index is 14.4. The van der Waals surface area contributed by atoms with E-state index in [-0.39, 0.29) is 222 Å². The lowest BCUT2D eigenvalue weighted by Gasteiger charge is -2.30. The van der Waals surface area contributed by atoms with Crippen LogP contribution in [-0.4, -0.2) is 331 Å². The number of carbonyl (C=O) groups excluding carboxylic acids is 12. The van der Waals surface area contributed by atoms with Crippen molar-refractivity contribution in [3.05, 3.63) is 0 Å². The Hall–Kier alpha value is -4.46. The van der Waals surface area contributed by atoms with Crippen molar-refractivity contribution in [3.63, 3.8) is 0 Å². The molecule has 144 heavy (non-hydrogen) atoms. The van der Waals surface area contributed by atoms with Crippen LogP contribution in [0.15, 0.2) is 0 Å². The molecule has 0 aromatic carbocycles. The summed E-state index contributed by atoms with van der Waals surface area (Å²) < 4.78 is 67.8. The van der Waals surface area contributed by atoms with Crippen molar-refractivity contribution < 1.29 is 114 Å². The van der Waals surface area contributed by atoms with Crippen molar-refractivity contribution in [1.82, 2.24) is 24.9 Å². The molecule has 7 atom stereocenters. The molecule has 0 spiro atoms. The second kappa shape index (κ2) is 99.2. The van der Waals surface area contributed by atoms with Gasteiger partial charge >= 0.3 is 71.6 Å². The fourth-order valence-corrected chi connectivity index (χ4v) is 22.5. The summed E-state index contributed by atoms with van der Waals surface area (Å²) in [6.45, 7) is 24.5. The first kappa shape index (κ1) is 138. The Morgan fingerprint density at radius 2 is 0.639 bits per heavy atom. The van der Waals surface area contributed by atoms with Gasteiger partial charge in [-0.3, -0.25) is 57.5 Å². The molecule has 1 aliphatic heterocycles. The number of rotatable bonds is 88. The third kappa shape index (κ3) is 83.2. The summed E-state index contributed by atoms with van der Waals surface area (Å²) in [5, 5.41) is 3.35. The fraction of sp³-hybridized carbons (Fsp3) is 0.890. The molecule has 0 radical (unpaired) electrons. The lowest BCUT2D eigenvalue weighted by atomic mass is 10.0. The van der Waals surface area contributed by atoms with E-state index < -0.39 is 53.6 Å². The average Bonchev–Trinajstić information content (AvgIpc) is 0.884. The Morgan fingerprint density at radius 3 is 0.993 bits per heavy atom. The summed E-state index contributed by atoms with van der Waals surface area (Å²) >= 11 is 10.3. The van der Waals surface area contributed by atoms with Crippen LogP contribution in [0.3, 0.4) is 0 Å². The lowest BCUT2D eigenvalue weighted by Crippen LogP contribution is -2.44. The first-order valence-electron chi connectivity index (χ1n) is 55.9. The number of hydrogen-bond donors (Lipinski definition) is 1. The van der Waals surface area contributed by atoms with Crippen LogP contribution in [0.5, 0.6) is 0 Å². The van der Waals surface area contributed by atoms with Crippen LogP contribution in [0.25, 0.3) is 0 Å². The highest BCUT2D eigenvalue weighted by molar-refractivity contribution is 8.01. The van der Waals surface area contributed by atoms with E-state index >= 15 is 0 Å². The second-order valence-corrected chi connectivity index (χ2v) is 45.4. The van der Waals surface area contributed by atoms with E-state index in [4.69, 9.17) is 56.8 Å². The third-order valence-corrected chi connectivity index (χ3v) is 33.0. The highest BCUT2D eigenvalue weighted by Gasteiger charge is 2.33. The minimum absolute atomic E-state index is 0.0412. The van der Waals surface area contributed by atoms with Gasteiger partial charge in [0, 0.05) is 131 Å². The quantitative estimate of drug-likeness (QED) is 0.0336. The average molecular weight is 2160 g/mol. The second-order valence-electron chi connectivity index (χ2n) is 38.3. The SMILES string of the molecule is CCCCCCCCSCC(C)C(=O)OCCOC(=O)CCN(CCNCCN(CCC(=O)OCCOC(=O)C(C)CSCCCCCCCC)CCN1CCC(=O)OCCOC(=O)C(C)CSC(CCCCCCC)C(CSCCCCCCCC)C(=O)OCCOC(=O)CCN(CCC(=O)OCCOC(=O)C(C)CSCCCCCCCC)CC1)CCC(=O)OCCOC(=O)C(C)CSCCCCCCCC. The van der Waals surface area contributed by atoms with Gasteiger partial charge in [0.05, 0.1) is 74.0 Å². The van der Waals surface area contributed by atoms with E-state index in [0.29, 0.717) is 80.3 Å². The smallest absolute Gasteiger partial charge is 0.311 e. The van der Waals surface area contributed by atoms with E-state index in [1.165, 1.54) is 148 Å². The molecule has 1 aliphatic rings. The predicted octanol–water partition coefficient (Wildman–Crippen LogP) is 20.4. The molecule has 35 heteroatoms. The Kier molecular flexibility index (Phi) is 94.8.